The zero-order valence-corrected chi connectivity index (χ0v) is 20.2. The van der Waals surface area contributed by atoms with Gasteiger partial charge in [-0.15, -0.1) is 0 Å². The molecule has 0 bridgehead atoms. The lowest BCUT2D eigenvalue weighted by atomic mass is 9.94. The molecule has 0 aliphatic carbocycles. The van der Waals surface area contributed by atoms with Gasteiger partial charge in [0, 0.05) is 37.9 Å². The molecular weight excluding hydrogens is 448 g/mol. The van der Waals surface area contributed by atoms with Crippen LogP contribution in [0.15, 0.2) is 60.8 Å². The predicted molar refractivity (Wildman–Crippen MR) is 134 cm³/mol. The number of nitrogens with zero attached hydrogens (tertiary/aromatic N) is 4. The zero-order chi connectivity index (χ0) is 24.3. The molecule has 7 heteroatoms. The first-order valence-electron chi connectivity index (χ1n) is 11.3. The van der Waals surface area contributed by atoms with Crippen LogP contribution in [0.3, 0.4) is 0 Å². The van der Waals surface area contributed by atoms with Crippen molar-refractivity contribution in [3.8, 4) is 6.07 Å². The van der Waals surface area contributed by atoms with Gasteiger partial charge in [-0.1, -0.05) is 47.5 Å². The number of hydrogen-bond donors (Lipinski definition) is 2. The van der Waals surface area contributed by atoms with Crippen molar-refractivity contribution in [1.82, 2.24) is 9.88 Å². The van der Waals surface area contributed by atoms with E-state index in [1.807, 2.05) is 12.1 Å². The lowest BCUT2D eigenvalue weighted by Crippen LogP contribution is -2.52. The lowest BCUT2D eigenvalue weighted by molar-refractivity contribution is 0.00997. The first kappa shape index (κ1) is 24.2. The van der Waals surface area contributed by atoms with Crippen molar-refractivity contribution in [2.24, 2.45) is 0 Å². The molecule has 0 amide bonds. The van der Waals surface area contributed by atoms with Gasteiger partial charge in [0.2, 0.25) is 0 Å². The van der Waals surface area contributed by atoms with Crippen molar-refractivity contribution in [3.05, 3.63) is 93.8 Å². The minimum atomic E-state index is -1.09. The van der Waals surface area contributed by atoms with Crippen LogP contribution in [0, 0.1) is 18.3 Å². The van der Waals surface area contributed by atoms with Crippen LogP contribution in [-0.4, -0.2) is 46.3 Å². The molecule has 1 aromatic heterocycles. The Hall–Kier alpha value is -2.95. The summed E-state index contributed by atoms with van der Waals surface area (Å²) in [6.07, 6.45) is 1.63. The lowest BCUT2D eigenvalue weighted by Gasteiger charge is -2.45. The van der Waals surface area contributed by atoms with Gasteiger partial charge in [0.25, 0.3) is 0 Å². The van der Waals surface area contributed by atoms with Gasteiger partial charge in [-0.2, -0.15) is 5.26 Å². The number of β-amino-alcohol motifs (C(OH)–C–C–N with tert-alkyl or cyclic N) is 1. The Morgan fingerprint density at radius 1 is 1.15 bits per heavy atom. The monoisotopic (exact) mass is 476 g/mol. The number of halogens is 1. The summed E-state index contributed by atoms with van der Waals surface area (Å²) in [5.74, 6) is 0. The Bertz CT molecular complexity index is 1170. The van der Waals surface area contributed by atoms with E-state index < -0.39 is 5.60 Å². The molecule has 4 rings (SSSR count). The highest BCUT2D eigenvalue weighted by Gasteiger charge is 2.34. The fourth-order valence-electron chi connectivity index (χ4n) is 4.52. The maximum absolute atomic E-state index is 11.3. The largest absolute Gasteiger partial charge is 0.390 e. The number of pyridine rings is 1. The second-order valence-corrected chi connectivity index (χ2v) is 9.51. The highest BCUT2D eigenvalue weighted by molar-refractivity contribution is 6.33. The molecule has 1 fully saturated rings. The van der Waals surface area contributed by atoms with Gasteiger partial charge in [0.1, 0.15) is 5.60 Å². The number of aliphatic hydroxyl groups excluding tert-OH is 1. The van der Waals surface area contributed by atoms with Crippen LogP contribution >= 0.6 is 11.6 Å². The average molecular weight is 477 g/mol. The van der Waals surface area contributed by atoms with Crippen LogP contribution in [0.5, 0.6) is 0 Å². The molecule has 0 spiro atoms. The summed E-state index contributed by atoms with van der Waals surface area (Å²) in [7, 11) is 0. The first-order chi connectivity index (χ1) is 16.3. The summed E-state index contributed by atoms with van der Waals surface area (Å²) >= 11 is 6.60. The van der Waals surface area contributed by atoms with Crippen molar-refractivity contribution in [2.45, 2.75) is 32.1 Å². The quantitative estimate of drug-likeness (QED) is 0.555. The fraction of sp³-hybridized carbons (Fsp3) is 0.333. The number of benzene rings is 2. The topological polar surface area (TPSA) is 83.6 Å². The van der Waals surface area contributed by atoms with E-state index in [1.165, 1.54) is 11.1 Å². The Morgan fingerprint density at radius 3 is 2.53 bits per heavy atom. The number of nitriles is 1. The molecule has 2 atom stereocenters. The SMILES string of the molecule is Cc1ccc([C@@H]2CN(C[C@@](C)(O)c3ccc(CO)nc3)CCN2c2ccc(C#N)cc2Cl)cc1. The molecule has 0 radical (unpaired) electrons. The predicted octanol–water partition coefficient (Wildman–Crippen LogP) is 4.18. The van der Waals surface area contributed by atoms with E-state index >= 15 is 0 Å². The van der Waals surface area contributed by atoms with Crippen molar-refractivity contribution in [3.63, 3.8) is 0 Å². The summed E-state index contributed by atoms with van der Waals surface area (Å²) in [5, 5.41) is 30.3. The van der Waals surface area contributed by atoms with Gasteiger partial charge in [0.15, 0.2) is 0 Å². The molecule has 3 aromatic rings. The number of aryl methyl sites for hydroxylation is 1. The molecule has 1 saturated heterocycles. The second kappa shape index (κ2) is 10.1. The van der Waals surface area contributed by atoms with Gasteiger partial charge in [-0.25, -0.2) is 0 Å². The molecule has 34 heavy (non-hydrogen) atoms. The molecule has 2 aromatic carbocycles. The number of aliphatic hydroxyl groups is 2. The molecule has 1 aliphatic rings. The highest BCUT2D eigenvalue weighted by Crippen LogP contribution is 2.36. The Labute approximate surface area is 205 Å². The summed E-state index contributed by atoms with van der Waals surface area (Å²) < 4.78 is 0. The summed E-state index contributed by atoms with van der Waals surface area (Å²) in [6.45, 7) is 6.37. The minimum absolute atomic E-state index is 0.0328. The molecule has 6 nitrogen and oxygen atoms in total. The van der Waals surface area contributed by atoms with Crippen LogP contribution in [0.1, 0.15) is 40.9 Å². The van der Waals surface area contributed by atoms with E-state index in [2.05, 4.69) is 52.0 Å². The Kier molecular flexibility index (Phi) is 7.20. The maximum atomic E-state index is 11.3. The van der Waals surface area contributed by atoms with Crippen LogP contribution in [0.4, 0.5) is 5.69 Å². The normalized spacial score (nSPS) is 18.4. The maximum Gasteiger partial charge on any atom is 0.101 e. The van der Waals surface area contributed by atoms with Gasteiger partial charge in [-0.05, 0) is 43.7 Å². The van der Waals surface area contributed by atoms with Gasteiger partial charge >= 0.3 is 0 Å². The number of rotatable bonds is 6. The molecule has 0 saturated carbocycles. The molecule has 2 heterocycles. The van der Waals surface area contributed by atoms with E-state index in [1.54, 1.807) is 31.3 Å². The standard InChI is InChI=1S/C27H29ClN4O2/c1-19-3-6-21(7-4-19)26-16-31(18-27(2,34)22-8-9-23(17-33)30-15-22)11-12-32(26)25-10-5-20(14-29)13-24(25)28/h3-10,13,15,26,33-34H,11-12,16-18H2,1-2H3/t26-,27+/m0/s1. The molecule has 2 N–H and O–H groups in total. The number of hydrogen-bond acceptors (Lipinski definition) is 6. The highest BCUT2D eigenvalue weighted by atomic mass is 35.5. The van der Waals surface area contributed by atoms with E-state index in [4.69, 9.17) is 11.6 Å². The number of aromatic nitrogens is 1. The molecule has 176 valence electrons. The van der Waals surface area contributed by atoms with E-state index in [0.29, 0.717) is 34.9 Å². The smallest absolute Gasteiger partial charge is 0.101 e. The van der Waals surface area contributed by atoms with Crippen molar-refractivity contribution in [2.75, 3.05) is 31.1 Å². The molecule has 0 unspecified atom stereocenters. The summed E-state index contributed by atoms with van der Waals surface area (Å²) in [4.78, 5) is 8.78. The van der Waals surface area contributed by atoms with Crippen LogP contribution < -0.4 is 4.90 Å². The van der Waals surface area contributed by atoms with Gasteiger partial charge < -0.3 is 15.1 Å². The van der Waals surface area contributed by atoms with E-state index in [9.17, 15) is 15.5 Å². The minimum Gasteiger partial charge on any atom is -0.390 e. The zero-order valence-electron chi connectivity index (χ0n) is 19.4. The third-order valence-electron chi connectivity index (χ3n) is 6.45. The molecular formula is C27H29ClN4O2. The summed E-state index contributed by atoms with van der Waals surface area (Å²) in [6, 6.07) is 19.7. The van der Waals surface area contributed by atoms with Gasteiger partial charge in [-0.3, -0.25) is 9.88 Å². The van der Waals surface area contributed by atoms with Gasteiger partial charge in [0.05, 0.1) is 40.7 Å². The third kappa shape index (κ3) is 5.24. The van der Waals surface area contributed by atoms with Crippen LogP contribution in [0.25, 0.3) is 0 Å². The average Bonchev–Trinajstić information content (AvgIpc) is 2.84. The third-order valence-corrected chi connectivity index (χ3v) is 6.76. The fourth-order valence-corrected chi connectivity index (χ4v) is 4.81. The molecule has 1 aliphatic heterocycles. The van der Waals surface area contributed by atoms with E-state index in [-0.39, 0.29) is 12.6 Å². The number of anilines is 1. The van der Waals surface area contributed by atoms with Crippen LogP contribution in [-0.2, 0) is 12.2 Å². The Balaban J connectivity index is 1.60. The Morgan fingerprint density at radius 2 is 1.91 bits per heavy atom. The van der Waals surface area contributed by atoms with Crippen molar-refractivity contribution < 1.29 is 10.2 Å². The van der Waals surface area contributed by atoms with Crippen molar-refractivity contribution >= 4 is 17.3 Å². The first-order valence-corrected chi connectivity index (χ1v) is 11.7. The van der Waals surface area contributed by atoms with Crippen molar-refractivity contribution in [1.29, 1.82) is 5.26 Å². The van der Waals surface area contributed by atoms with Crippen LogP contribution in [0.2, 0.25) is 5.02 Å². The number of piperazine rings is 1. The second-order valence-electron chi connectivity index (χ2n) is 9.10. The summed E-state index contributed by atoms with van der Waals surface area (Å²) in [5.41, 5.74) is 4.01. The van der Waals surface area contributed by atoms with E-state index in [0.717, 1.165) is 18.8 Å².